The van der Waals surface area contributed by atoms with Gasteiger partial charge in [-0.05, 0) is 62.1 Å². The Bertz CT molecular complexity index is 1290. The molecule has 2 aromatic carbocycles. The van der Waals surface area contributed by atoms with Gasteiger partial charge in [-0.15, -0.1) is 0 Å². The fraction of sp³-hybridized carbons (Fsp3) is 0.467. The van der Waals surface area contributed by atoms with Crippen LogP contribution in [0.25, 0.3) is 11.3 Å². The van der Waals surface area contributed by atoms with Gasteiger partial charge >= 0.3 is 6.18 Å². The third kappa shape index (κ3) is 6.60. The molecule has 1 aliphatic heterocycles. The van der Waals surface area contributed by atoms with Crippen LogP contribution in [0.4, 0.5) is 24.9 Å². The first kappa shape index (κ1) is 28.0. The second-order valence-electron chi connectivity index (χ2n) is 10.9. The van der Waals surface area contributed by atoms with Crippen molar-refractivity contribution in [3.63, 3.8) is 0 Å². The first-order chi connectivity index (χ1) is 19.2. The highest BCUT2D eigenvalue weighted by molar-refractivity contribution is 5.95. The van der Waals surface area contributed by atoms with Gasteiger partial charge in [-0.1, -0.05) is 25.0 Å². The van der Waals surface area contributed by atoms with Gasteiger partial charge in [0.25, 0.3) is 11.9 Å². The summed E-state index contributed by atoms with van der Waals surface area (Å²) in [6.45, 7) is 1.58. The molecule has 2 fully saturated rings. The van der Waals surface area contributed by atoms with E-state index in [2.05, 4.69) is 20.5 Å². The third-order valence-corrected chi connectivity index (χ3v) is 7.81. The van der Waals surface area contributed by atoms with E-state index in [-0.39, 0.29) is 24.0 Å². The summed E-state index contributed by atoms with van der Waals surface area (Å²) >= 11 is 0. The minimum absolute atomic E-state index is 0.0737. The molecule has 3 aromatic rings. The second kappa shape index (κ2) is 11.9. The summed E-state index contributed by atoms with van der Waals surface area (Å²) in [5.74, 6) is 0.520. The summed E-state index contributed by atoms with van der Waals surface area (Å²) in [4.78, 5) is 20.5. The maximum atomic E-state index is 13.0. The Labute approximate surface area is 232 Å². The van der Waals surface area contributed by atoms with Crippen molar-refractivity contribution in [1.82, 2.24) is 15.2 Å². The van der Waals surface area contributed by atoms with Crippen LogP contribution >= 0.6 is 0 Å². The molecular weight excluding hydrogens is 519 g/mol. The van der Waals surface area contributed by atoms with Gasteiger partial charge in [0.1, 0.15) is 0 Å². The Hall–Kier alpha value is -3.53. The molecule has 2 heterocycles. The maximum Gasteiger partial charge on any atom is 0.416 e. The molecule has 1 aliphatic carbocycles. The summed E-state index contributed by atoms with van der Waals surface area (Å²) in [5.41, 5.74) is 1.57. The zero-order valence-electron chi connectivity index (χ0n) is 22.9. The smallest absolute Gasteiger partial charge is 0.416 e. The lowest BCUT2D eigenvalue weighted by Crippen LogP contribution is -2.54. The predicted octanol–water partition coefficient (Wildman–Crippen LogP) is 6.04. The van der Waals surface area contributed by atoms with Crippen LogP contribution in [0.15, 0.2) is 59.1 Å². The van der Waals surface area contributed by atoms with Crippen LogP contribution < -0.4 is 15.5 Å². The number of benzene rings is 2. The van der Waals surface area contributed by atoms with Crippen LogP contribution in [0.5, 0.6) is 0 Å². The van der Waals surface area contributed by atoms with Crippen LogP contribution in [-0.4, -0.2) is 61.1 Å². The molecule has 40 heavy (non-hydrogen) atoms. The van der Waals surface area contributed by atoms with Gasteiger partial charge in [-0.2, -0.15) is 13.2 Å². The Balaban J connectivity index is 1.22. The molecule has 0 unspecified atom stereocenters. The maximum absolute atomic E-state index is 13.0. The molecule has 7 nitrogen and oxygen atoms in total. The van der Waals surface area contributed by atoms with Crippen molar-refractivity contribution < 1.29 is 22.4 Å². The normalized spacial score (nSPS) is 21.7. The fourth-order valence-corrected chi connectivity index (χ4v) is 5.71. The summed E-state index contributed by atoms with van der Waals surface area (Å²) in [5, 5.41) is 7.33. The van der Waals surface area contributed by atoms with E-state index >= 15 is 0 Å². The van der Waals surface area contributed by atoms with Crippen molar-refractivity contribution in [3.8, 4) is 11.3 Å². The Morgan fingerprint density at radius 2 is 1.77 bits per heavy atom. The number of hydrogen-bond acceptors (Lipinski definition) is 6. The molecule has 2 N–H and O–H groups in total. The summed E-state index contributed by atoms with van der Waals surface area (Å²) < 4.78 is 45.0. The standard InChI is InChI=1S/C30H36F3N5O2/c1-37(2)28(39)21-8-5-7-20(17-21)27-18-34-29(40-27)36-26-11-4-3-10-25(26)35-23-9-6-16-38(19-23)24-14-12-22(13-15-24)30(31,32)33/h5,7-8,12-15,17-18,23,25-26,35H,3-4,6,9-11,16,19H2,1-2H3,(H,34,36)/t23-,25+,26+/m0/s1. The summed E-state index contributed by atoms with van der Waals surface area (Å²) in [6, 6.07) is 13.8. The second-order valence-corrected chi connectivity index (χ2v) is 10.9. The van der Waals surface area contributed by atoms with Crippen molar-refractivity contribution in [2.24, 2.45) is 0 Å². The minimum atomic E-state index is -4.33. The summed E-state index contributed by atoms with van der Waals surface area (Å²) in [7, 11) is 3.44. The summed E-state index contributed by atoms with van der Waals surface area (Å²) in [6.07, 6.45) is 3.60. The van der Waals surface area contributed by atoms with E-state index in [4.69, 9.17) is 4.42 Å². The van der Waals surface area contributed by atoms with Crippen LogP contribution in [0, 0.1) is 0 Å². The topological polar surface area (TPSA) is 73.6 Å². The number of piperidine rings is 1. The number of oxazole rings is 1. The first-order valence-corrected chi connectivity index (χ1v) is 13.9. The van der Waals surface area contributed by atoms with Gasteiger partial charge in [0.2, 0.25) is 0 Å². The van der Waals surface area contributed by atoms with E-state index in [0.717, 1.165) is 75.0 Å². The van der Waals surface area contributed by atoms with Crippen molar-refractivity contribution in [2.75, 3.05) is 37.4 Å². The fourth-order valence-electron chi connectivity index (χ4n) is 5.71. The van der Waals surface area contributed by atoms with Gasteiger partial charge in [-0.25, -0.2) is 4.98 Å². The van der Waals surface area contributed by atoms with E-state index in [1.807, 2.05) is 18.2 Å². The molecule has 3 atom stereocenters. The average molecular weight is 556 g/mol. The van der Waals surface area contributed by atoms with Gasteiger partial charge in [0, 0.05) is 62.1 Å². The number of nitrogens with one attached hydrogen (secondary N) is 2. The molecule has 1 saturated carbocycles. The number of anilines is 2. The van der Waals surface area contributed by atoms with Crippen molar-refractivity contribution in [1.29, 1.82) is 0 Å². The average Bonchev–Trinajstić information content (AvgIpc) is 3.42. The predicted molar refractivity (Wildman–Crippen MR) is 149 cm³/mol. The van der Waals surface area contributed by atoms with Gasteiger partial charge in [-0.3, -0.25) is 4.79 Å². The lowest BCUT2D eigenvalue weighted by molar-refractivity contribution is -0.137. The number of hydrogen-bond donors (Lipinski definition) is 2. The number of halogens is 3. The number of alkyl halides is 3. The zero-order valence-corrected chi connectivity index (χ0v) is 22.9. The SMILES string of the molecule is CN(C)C(=O)c1cccc(-c2cnc(N[C@@H]3CCCC[C@H]3N[C@H]3CCCN(c4ccc(C(F)(F)F)cc4)C3)o2)c1. The lowest BCUT2D eigenvalue weighted by Gasteiger charge is -2.40. The quantitative estimate of drug-likeness (QED) is 0.370. The molecule has 5 rings (SSSR count). The van der Waals surface area contributed by atoms with E-state index in [9.17, 15) is 18.0 Å². The van der Waals surface area contributed by atoms with Crippen LogP contribution in [0.3, 0.4) is 0 Å². The Kier molecular flexibility index (Phi) is 8.35. The zero-order chi connectivity index (χ0) is 28.3. The molecule has 2 aliphatic rings. The molecule has 0 spiro atoms. The van der Waals surface area contributed by atoms with Crippen molar-refractivity contribution in [3.05, 3.63) is 65.9 Å². The van der Waals surface area contributed by atoms with E-state index in [1.165, 1.54) is 4.90 Å². The third-order valence-electron chi connectivity index (χ3n) is 7.81. The van der Waals surface area contributed by atoms with Crippen LogP contribution in [0.2, 0.25) is 0 Å². The van der Waals surface area contributed by atoms with Crippen molar-refractivity contribution >= 4 is 17.6 Å². The number of carbonyl (C=O) groups excluding carboxylic acids is 1. The minimum Gasteiger partial charge on any atom is -0.424 e. The molecule has 0 bridgehead atoms. The number of nitrogens with zero attached hydrogens (tertiary/aromatic N) is 3. The Morgan fingerprint density at radius 3 is 2.50 bits per heavy atom. The van der Waals surface area contributed by atoms with Gasteiger partial charge in [0.05, 0.1) is 11.8 Å². The highest BCUT2D eigenvalue weighted by Crippen LogP contribution is 2.32. The lowest BCUT2D eigenvalue weighted by atomic mass is 9.89. The van der Waals surface area contributed by atoms with Crippen molar-refractivity contribution in [2.45, 2.75) is 62.8 Å². The molecular formula is C30H36F3N5O2. The number of rotatable bonds is 7. The first-order valence-electron chi connectivity index (χ1n) is 13.9. The highest BCUT2D eigenvalue weighted by atomic mass is 19.4. The van der Waals surface area contributed by atoms with E-state index in [0.29, 0.717) is 17.3 Å². The van der Waals surface area contributed by atoms with Crippen LogP contribution in [0.1, 0.15) is 54.4 Å². The number of amides is 1. The molecule has 1 saturated heterocycles. The van der Waals surface area contributed by atoms with Gasteiger partial charge < -0.3 is 24.9 Å². The highest BCUT2D eigenvalue weighted by Gasteiger charge is 2.32. The number of aromatic nitrogens is 1. The Morgan fingerprint density at radius 1 is 1.02 bits per heavy atom. The van der Waals surface area contributed by atoms with Crippen LogP contribution in [-0.2, 0) is 6.18 Å². The largest absolute Gasteiger partial charge is 0.424 e. The molecule has 1 aromatic heterocycles. The van der Waals surface area contributed by atoms with E-state index < -0.39 is 11.7 Å². The monoisotopic (exact) mass is 555 g/mol. The molecule has 10 heteroatoms. The molecule has 1 amide bonds. The number of carbonyl (C=O) groups is 1. The molecule has 0 radical (unpaired) electrons. The van der Waals surface area contributed by atoms with Gasteiger partial charge in [0.15, 0.2) is 5.76 Å². The van der Waals surface area contributed by atoms with E-state index in [1.54, 1.807) is 38.5 Å². The molecule has 214 valence electrons.